The monoisotopic (exact) mass is 386 g/mol. The molecular weight excluding hydrogens is 368 g/mol. The van der Waals surface area contributed by atoms with E-state index in [2.05, 4.69) is 5.32 Å². The summed E-state index contributed by atoms with van der Waals surface area (Å²) < 4.78 is 5.10. The van der Waals surface area contributed by atoms with Gasteiger partial charge in [-0.2, -0.15) is 0 Å². The van der Waals surface area contributed by atoms with Crippen molar-refractivity contribution in [1.82, 2.24) is 4.90 Å². The number of nitrogens with zero attached hydrogens (tertiary/aromatic N) is 1. The van der Waals surface area contributed by atoms with Gasteiger partial charge in [-0.1, -0.05) is 24.3 Å². The van der Waals surface area contributed by atoms with E-state index >= 15 is 0 Å². The number of nitrogens with one attached hydrogen (secondary N) is 1. The molecule has 6 nitrogen and oxygen atoms in total. The van der Waals surface area contributed by atoms with Crippen molar-refractivity contribution in [2.24, 2.45) is 0 Å². The summed E-state index contributed by atoms with van der Waals surface area (Å²) in [5.74, 6) is -0.137. The highest BCUT2D eigenvalue weighted by Crippen LogP contribution is 2.24. The third-order valence-corrected chi connectivity index (χ3v) is 4.78. The maximum absolute atomic E-state index is 12.5. The summed E-state index contributed by atoms with van der Waals surface area (Å²) in [4.78, 5) is 38.6. The zero-order chi connectivity index (χ0) is 20.4. The Labute approximate surface area is 167 Å². The molecule has 1 heterocycles. The van der Waals surface area contributed by atoms with Gasteiger partial charge in [0.2, 0.25) is 0 Å². The van der Waals surface area contributed by atoms with Crippen molar-refractivity contribution in [2.75, 3.05) is 12.4 Å². The Bertz CT molecular complexity index is 1050. The van der Waals surface area contributed by atoms with Gasteiger partial charge in [-0.25, -0.2) is 0 Å². The van der Waals surface area contributed by atoms with Gasteiger partial charge in [-0.15, -0.1) is 0 Å². The van der Waals surface area contributed by atoms with Crippen LogP contribution in [0.1, 0.15) is 36.6 Å². The van der Waals surface area contributed by atoms with Crippen molar-refractivity contribution in [2.45, 2.75) is 6.54 Å². The number of carbonyl (C=O) groups excluding carboxylic acids is 3. The number of ether oxygens (including phenoxy) is 1. The smallest absolute Gasteiger partial charge is 0.261 e. The van der Waals surface area contributed by atoms with Gasteiger partial charge < -0.3 is 10.1 Å². The Morgan fingerprint density at radius 1 is 0.862 bits per heavy atom. The zero-order valence-electron chi connectivity index (χ0n) is 15.7. The number of rotatable bonds is 5. The minimum Gasteiger partial charge on any atom is -0.497 e. The number of fused-ring (bicyclic) bond motifs is 1. The molecule has 0 saturated carbocycles. The van der Waals surface area contributed by atoms with Gasteiger partial charge in [-0.05, 0) is 54.1 Å². The summed E-state index contributed by atoms with van der Waals surface area (Å²) in [5, 5.41) is 2.81. The molecule has 0 aromatic heterocycles. The summed E-state index contributed by atoms with van der Waals surface area (Å²) in [5.41, 5.74) is 2.75. The average Bonchev–Trinajstić information content (AvgIpc) is 3.00. The Morgan fingerprint density at radius 3 is 2.00 bits per heavy atom. The van der Waals surface area contributed by atoms with Gasteiger partial charge in [0.25, 0.3) is 17.7 Å². The maximum atomic E-state index is 12.5. The number of methoxy groups -OCH3 is 1. The molecule has 0 aliphatic carbocycles. The molecule has 0 spiro atoms. The summed E-state index contributed by atoms with van der Waals surface area (Å²) >= 11 is 0. The largest absolute Gasteiger partial charge is 0.497 e. The summed E-state index contributed by atoms with van der Waals surface area (Å²) in [6, 6.07) is 20.7. The van der Waals surface area contributed by atoms with Crippen LogP contribution in [0.4, 0.5) is 5.69 Å². The first-order chi connectivity index (χ1) is 14.1. The van der Waals surface area contributed by atoms with E-state index in [1.807, 2.05) is 0 Å². The van der Waals surface area contributed by atoms with Gasteiger partial charge in [0.1, 0.15) is 5.75 Å². The third-order valence-electron chi connectivity index (χ3n) is 4.78. The first-order valence-electron chi connectivity index (χ1n) is 9.06. The average molecular weight is 386 g/mol. The van der Waals surface area contributed by atoms with Crippen LogP contribution in [-0.2, 0) is 6.54 Å². The molecule has 6 heteroatoms. The lowest BCUT2D eigenvalue weighted by Gasteiger charge is -2.14. The number of hydrogen-bond donors (Lipinski definition) is 1. The fourth-order valence-electron chi connectivity index (χ4n) is 3.20. The molecule has 1 N–H and O–H groups in total. The molecule has 4 rings (SSSR count). The predicted octanol–water partition coefficient (Wildman–Crippen LogP) is 3.74. The quantitative estimate of drug-likeness (QED) is 0.678. The van der Waals surface area contributed by atoms with Crippen molar-refractivity contribution in [3.05, 3.63) is 95.1 Å². The molecule has 144 valence electrons. The minimum atomic E-state index is -0.299. The van der Waals surface area contributed by atoms with E-state index in [1.165, 1.54) is 4.90 Å². The van der Waals surface area contributed by atoms with E-state index in [1.54, 1.807) is 79.9 Å². The number of anilines is 1. The third kappa shape index (κ3) is 3.60. The lowest BCUT2D eigenvalue weighted by molar-refractivity contribution is 0.0642. The Hall–Kier alpha value is -3.93. The molecule has 3 amide bonds. The van der Waals surface area contributed by atoms with Crippen molar-refractivity contribution >= 4 is 23.4 Å². The molecule has 3 aromatic rings. The molecule has 3 aromatic carbocycles. The number of amides is 3. The van der Waals surface area contributed by atoms with Crippen molar-refractivity contribution in [1.29, 1.82) is 0 Å². The van der Waals surface area contributed by atoms with Crippen LogP contribution in [-0.4, -0.2) is 29.7 Å². The topological polar surface area (TPSA) is 75.7 Å². The summed E-state index contributed by atoms with van der Waals surface area (Å²) in [6.07, 6.45) is 0. The highest BCUT2D eigenvalue weighted by atomic mass is 16.5. The Balaban J connectivity index is 1.43. The molecule has 29 heavy (non-hydrogen) atoms. The molecule has 1 aliphatic rings. The number of hydrogen-bond acceptors (Lipinski definition) is 4. The van der Waals surface area contributed by atoms with Crippen LogP contribution in [0.25, 0.3) is 0 Å². The van der Waals surface area contributed by atoms with Crippen molar-refractivity contribution < 1.29 is 19.1 Å². The predicted molar refractivity (Wildman–Crippen MR) is 108 cm³/mol. The summed E-state index contributed by atoms with van der Waals surface area (Å²) in [7, 11) is 1.58. The SMILES string of the molecule is COc1ccc(NC(=O)c2ccc(CN3C(=O)c4ccccc4C3=O)cc2)cc1. The second-order valence-corrected chi connectivity index (χ2v) is 6.62. The van der Waals surface area contributed by atoms with Crippen molar-refractivity contribution in [3.63, 3.8) is 0 Å². The van der Waals surface area contributed by atoms with Crippen LogP contribution >= 0.6 is 0 Å². The number of carbonyl (C=O) groups is 3. The van der Waals surface area contributed by atoms with Gasteiger partial charge in [-0.3, -0.25) is 19.3 Å². The second-order valence-electron chi connectivity index (χ2n) is 6.62. The highest BCUT2D eigenvalue weighted by Gasteiger charge is 2.34. The van der Waals surface area contributed by atoms with Gasteiger partial charge >= 0.3 is 0 Å². The van der Waals surface area contributed by atoms with E-state index in [0.717, 1.165) is 5.56 Å². The molecule has 0 bridgehead atoms. The number of imide groups is 1. The van der Waals surface area contributed by atoms with Crippen LogP contribution in [0.2, 0.25) is 0 Å². The minimum absolute atomic E-state index is 0.159. The highest BCUT2D eigenvalue weighted by molar-refractivity contribution is 6.21. The van der Waals surface area contributed by atoms with Crippen LogP contribution in [0, 0.1) is 0 Å². The molecule has 0 fully saturated rings. The summed E-state index contributed by atoms with van der Waals surface area (Å²) in [6.45, 7) is 0.159. The van der Waals surface area contributed by atoms with E-state index < -0.39 is 0 Å². The standard InChI is InChI=1S/C23H18N2O4/c1-29-18-12-10-17(11-13-18)24-21(26)16-8-6-15(7-9-16)14-25-22(27)19-4-2-3-5-20(19)23(25)28/h2-13H,14H2,1H3,(H,24,26). The van der Waals surface area contributed by atoms with Gasteiger partial charge in [0, 0.05) is 11.3 Å². The maximum Gasteiger partial charge on any atom is 0.261 e. The first kappa shape index (κ1) is 18.4. The lowest BCUT2D eigenvalue weighted by Crippen LogP contribution is -2.29. The normalized spacial score (nSPS) is 12.7. The second kappa shape index (κ2) is 7.59. The zero-order valence-corrected chi connectivity index (χ0v) is 15.7. The van der Waals surface area contributed by atoms with E-state index in [4.69, 9.17) is 4.74 Å². The molecule has 0 atom stereocenters. The molecule has 0 saturated heterocycles. The molecule has 0 unspecified atom stereocenters. The van der Waals surface area contributed by atoms with E-state index in [-0.39, 0.29) is 24.3 Å². The Kier molecular flexibility index (Phi) is 4.83. The van der Waals surface area contributed by atoms with Crippen LogP contribution in [0.3, 0.4) is 0 Å². The van der Waals surface area contributed by atoms with E-state index in [0.29, 0.717) is 28.1 Å². The van der Waals surface area contributed by atoms with Gasteiger partial charge in [0.05, 0.1) is 24.8 Å². The Morgan fingerprint density at radius 2 is 1.45 bits per heavy atom. The first-order valence-corrected chi connectivity index (χ1v) is 9.06. The lowest BCUT2D eigenvalue weighted by atomic mass is 10.1. The fraction of sp³-hybridized carbons (Fsp3) is 0.0870. The molecule has 0 radical (unpaired) electrons. The van der Waals surface area contributed by atoms with E-state index in [9.17, 15) is 14.4 Å². The van der Waals surface area contributed by atoms with Crippen LogP contribution in [0.5, 0.6) is 5.75 Å². The van der Waals surface area contributed by atoms with Crippen LogP contribution < -0.4 is 10.1 Å². The fourth-order valence-corrected chi connectivity index (χ4v) is 3.20. The van der Waals surface area contributed by atoms with Gasteiger partial charge in [0.15, 0.2) is 0 Å². The molecular formula is C23H18N2O4. The van der Waals surface area contributed by atoms with Crippen molar-refractivity contribution in [3.8, 4) is 5.75 Å². The number of benzene rings is 3. The van der Waals surface area contributed by atoms with Crippen LogP contribution in [0.15, 0.2) is 72.8 Å². The molecule has 1 aliphatic heterocycles.